The zero-order chi connectivity index (χ0) is 33.4. The molecule has 3 atom stereocenters. The lowest BCUT2D eigenvalue weighted by Crippen LogP contribution is -2.37. The standard InChI is InChI=1S/C39H66O6/c1-28(2)14-10-15-29(3)16-11-17-30(4)18-12-22-39(9)23-20-35-34(8)37(32(6)33(7)38(35)45-39)44-36(41)19-13-24-42-26-27-43-25-21-31(5)40/h28-30H,10-27H2,1-9H3/t29-,30-,39-/m1/s1. The van der Waals surface area contributed by atoms with Crippen LogP contribution in [-0.4, -0.2) is 43.8 Å². The van der Waals surface area contributed by atoms with Crippen molar-refractivity contribution in [2.24, 2.45) is 17.8 Å². The largest absolute Gasteiger partial charge is 0.487 e. The molecule has 6 heteroatoms. The maximum absolute atomic E-state index is 12.7. The summed E-state index contributed by atoms with van der Waals surface area (Å²) >= 11 is 0. The molecular weight excluding hydrogens is 564 g/mol. The first kappa shape index (κ1) is 39.3. The van der Waals surface area contributed by atoms with Crippen molar-refractivity contribution in [2.75, 3.05) is 26.4 Å². The average Bonchev–Trinajstić information content (AvgIpc) is 2.97. The molecule has 258 valence electrons. The van der Waals surface area contributed by atoms with Gasteiger partial charge in [-0.15, -0.1) is 0 Å². The Morgan fingerprint density at radius 3 is 1.98 bits per heavy atom. The Kier molecular flexibility index (Phi) is 17.7. The monoisotopic (exact) mass is 630 g/mol. The Hall–Kier alpha value is -1.92. The van der Waals surface area contributed by atoms with Crippen LogP contribution in [0.25, 0.3) is 0 Å². The quantitative estimate of drug-likeness (QED) is 0.0681. The molecule has 0 amide bonds. The van der Waals surface area contributed by atoms with Crippen molar-refractivity contribution >= 4 is 11.8 Å². The number of ketones is 1. The van der Waals surface area contributed by atoms with Crippen LogP contribution in [0.3, 0.4) is 0 Å². The SMILES string of the molecule is CC(=O)CCOCCOCCCC(=O)Oc1c(C)c(C)c2c(c1C)CC[C@@](C)(CCC[C@H](C)CCC[C@H](C)CCCC(C)C)O2. The van der Waals surface area contributed by atoms with Crippen molar-refractivity contribution in [1.82, 2.24) is 0 Å². The molecule has 45 heavy (non-hydrogen) atoms. The van der Waals surface area contributed by atoms with Gasteiger partial charge in [-0.3, -0.25) is 9.59 Å². The van der Waals surface area contributed by atoms with Crippen LogP contribution >= 0.6 is 0 Å². The molecule has 6 nitrogen and oxygen atoms in total. The van der Waals surface area contributed by atoms with E-state index < -0.39 is 0 Å². The summed E-state index contributed by atoms with van der Waals surface area (Å²) in [5.74, 6) is 4.01. The highest BCUT2D eigenvalue weighted by atomic mass is 16.5. The highest BCUT2D eigenvalue weighted by Gasteiger charge is 2.34. The summed E-state index contributed by atoms with van der Waals surface area (Å²) in [4.78, 5) is 23.6. The van der Waals surface area contributed by atoms with Gasteiger partial charge in [-0.2, -0.15) is 0 Å². The minimum absolute atomic E-state index is 0.120. The summed E-state index contributed by atoms with van der Waals surface area (Å²) in [6, 6.07) is 0. The molecule has 1 aliphatic heterocycles. The predicted molar refractivity (Wildman–Crippen MR) is 185 cm³/mol. The number of Topliss-reactive ketones (excluding diaryl/α,β-unsaturated/α-hetero) is 1. The van der Waals surface area contributed by atoms with E-state index in [0.29, 0.717) is 51.4 Å². The third kappa shape index (κ3) is 14.6. The van der Waals surface area contributed by atoms with Crippen molar-refractivity contribution in [3.8, 4) is 11.5 Å². The van der Waals surface area contributed by atoms with Crippen molar-refractivity contribution in [2.45, 2.75) is 158 Å². The molecule has 2 rings (SSSR count). The van der Waals surface area contributed by atoms with Gasteiger partial charge < -0.3 is 18.9 Å². The Balaban J connectivity index is 1.77. The van der Waals surface area contributed by atoms with Gasteiger partial charge in [-0.1, -0.05) is 72.6 Å². The topological polar surface area (TPSA) is 71.1 Å². The molecule has 0 aliphatic carbocycles. The van der Waals surface area contributed by atoms with E-state index in [4.69, 9.17) is 18.9 Å². The fourth-order valence-corrected chi connectivity index (χ4v) is 6.43. The maximum atomic E-state index is 12.7. The summed E-state index contributed by atoms with van der Waals surface area (Å²) in [6.45, 7) is 21.3. The van der Waals surface area contributed by atoms with E-state index in [-0.39, 0.29) is 17.4 Å². The van der Waals surface area contributed by atoms with Crippen LogP contribution in [0.1, 0.15) is 147 Å². The van der Waals surface area contributed by atoms with E-state index in [1.807, 2.05) is 6.92 Å². The van der Waals surface area contributed by atoms with E-state index >= 15 is 0 Å². The van der Waals surface area contributed by atoms with Crippen LogP contribution in [0.2, 0.25) is 0 Å². The zero-order valence-corrected chi connectivity index (χ0v) is 30.4. The Morgan fingerprint density at radius 2 is 1.36 bits per heavy atom. The first-order valence-corrected chi connectivity index (χ1v) is 18.0. The normalized spacial score (nSPS) is 17.6. The Labute approximate surface area is 275 Å². The predicted octanol–water partition coefficient (Wildman–Crippen LogP) is 9.83. The van der Waals surface area contributed by atoms with E-state index in [0.717, 1.165) is 59.5 Å². The summed E-state index contributed by atoms with van der Waals surface area (Å²) in [5, 5.41) is 0. The van der Waals surface area contributed by atoms with Gasteiger partial charge in [-0.05, 0) is 101 Å². The molecule has 1 aromatic carbocycles. The minimum atomic E-state index is -0.238. The third-order valence-electron chi connectivity index (χ3n) is 9.69. The maximum Gasteiger partial charge on any atom is 0.311 e. The third-order valence-corrected chi connectivity index (χ3v) is 9.69. The number of hydrogen-bond donors (Lipinski definition) is 0. The number of rotatable bonds is 23. The number of fused-ring (bicyclic) bond motifs is 1. The van der Waals surface area contributed by atoms with Gasteiger partial charge in [0, 0.05) is 25.0 Å². The fourth-order valence-electron chi connectivity index (χ4n) is 6.43. The first-order chi connectivity index (χ1) is 21.3. The van der Waals surface area contributed by atoms with Crippen LogP contribution in [0.5, 0.6) is 11.5 Å². The molecule has 0 aromatic heterocycles. The van der Waals surface area contributed by atoms with Crippen LogP contribution in [0.15, 0.2) is 0 Å². The second kappa shape index (κ2) is 20.3. The van der Waals surface area contributed by atoms with E-state index in [1.54, 1.807) is 6.92 Å². The molecule has 0 unspecified atom stereocenters. The summed E-state index contributed by atoms with van der Waals surface area (Å²) in [7, 11) is 0. The van der Waals surface area contributed by atoms with Gasteiger partial charge in [-0.25, -0.2) is 0 Å². The van der Waals surface area contributed by atoms with Gasteiger partial charge in [0.05, 0.1) is 19.8 Å². The van der Waals surface area contributed by atoms with Crippen molar-refractivity contribution in [3.63, 3.8) is 0 Å². The Morgan fingerprint density at radius 1 is 0.756 bits per heavy atom. The molecule has 0 fully saturated rings. The van der Waals surface area contributed by atoms with Crippen LogP contribution in [-0.2, 0) is 25.5 Å². The lowest BCUT2D eigenvalue weighted by atomic mass is 9.83. The number of carbonyl (C=O) groups excluding carboxylic acids is 2. The number of benzene rings is 1. The van der Waals surface area contributed by atoms with Crippen molar-refractivity contribution in [1.29, 1.82) is 0 Å². The lowest BCUT2D eigenvalue weighted by Gasteiger charge is -2.38. The van der Waals surface area contributed by atoms with Gasteiger partial charge in [0.15, 0.2) is 0 Å². The fraction of sp³-hybridized carbons (Fsp3) is 0.795. The van der Waals surface area contributed by atoms with E-state index in [1.165, 1.54) is 56.9 Å². The van der Waals surface area contributed by atoms with E-state index in [2.05, 4.69) is 48.5 Å². The summed E-state index contributed by atoms with van der Waals surface area (Å²) in [6.07, 6.45) is 14.9. The molecule has 0 radical (unpaired) electrons. The molecule has 1 heterocycles. The highest BCUT2D eigenvalue weighted by Crippen LogP contribution is 2.45. The molecule has 0 N–H and O–H groups in total. The van der Waals surface area contributed by atoms with Crippen molar-refractivity contribution < 1.29 is 28.5 Å². The van der Waals surface area contributed by atoms with Gasteiger partial charge >= 0.3 is 5.97 Å². The molecule has 0 spiro atoms. The smallest absolute Gasteiger partial charge is 0.311 e. The van der Waals surface area contributed by atoms with Crippen molar-refractivity contribution in [3.05, 3.63) is 22.3 Å². The molecular formula is C39H66O6. The minimum Gasteiger partial charge on any atom is -0.487 e. The molecule has 1 aliphatic rings. The van der Waals surface area contributed by atoms with Crippen LogP contribution in [0.4, 0.5) is 0 Å². The molecule has 0 saturated heterocycles. The first-order valence-electron chi connectivity index (χ1n) is 18.0. The van der Waals surface area contributed by atoms with Crippen LogP contribution in [0, 0.1) is 38.5 Å². The lowest BCUT2D eigenvalue weighted by molar-refractivity contribution is -0.134. The average molecular weight is 631 g/mol. The zero-order valence-electron chi connectivity index (χ0n) is 30.4. The number of esters is 1. The summed E-state index contributed by atoms with van der Waals surface area (Å²) < 4.78 is 23.6. The van der Waals surface area contributed by atoms with Gasteiger partial charge in [0.2, 0.25) is 0 Å². The number of carbonyl (C=O) groups is 2. The van der Waals surface area contributed by atoms with Gasteiger partial charge in [0.25, 0.3) is 0 Å². The summed E-state index contributed by atoms with van der Waals surface area (Å²) in [5.41, 5.74) is 4.11. The van der Waals surface area contributed by atoms with E-state index in [9.17, 15) is 9.59 Å². The number of ether oxygens (including phenoxy) is 4. The Bertz CT molecular complexity index is 1050. The second-order valence-corrected chi connectivity index (χ2v) is 14.7. The molecule has 0 bridgehead atoms. The molecule has 0 saturated carbocycles. The van der Waals surface area contributed by atoms with Gasteiger partial charge in [0.1, 0.15) is 22.9 Å². The highest BCUT2D eigenvalue weighted by molar-refractivity contribution is 5.75. The second-order valence-electron chi connectivity index (χ2n) is 14.7. The number of hydrogen-bond acceptors (Lipinski definition) is 6. The molecule has 1 aromatic rings. The van der Waals surface area contributed by atoms with Crippen LogP contribution < -0.4 is 9.47 Å².